The van der Waals surface area contributed by atoms with Crippen LogP contribution in [0.5, 0.6) is 11.5 Å². The minimum Gasteiger partial charge on any atom is -0.508 e. The summed E-state index contributed by atoms with van der Waals surface area (Å²) in [5.74, 6) is -1.14. The number of ether oxygens (including phenoxy) is 1. The molecule has 0 aromatic heterocycles. The summed E-state index contributed by atoms with van der Waals surface area (Å²) in [6, 6.07) is 8.03. The molecular weight excluding hydrogens is 285 g/mol. The Balaban J connectivity index is 2.23. The average molecular weight is 296 g/mol. The van der Waals surface area contributed by atoms with Gasteiger partial charge in [0.25, 0.3) is 5.91 Å². The number of carbonyl (C=O) groups excluding carboxylic acids is 1. The van der Waals surface area contributed by atoms with Crippen LogP contribution in [0.15, 0.2) is 36.4 Å². The highest BCUT2D eigenvalue weighted by Gasteiger charge is 2.12. The van der Waals surface area contributed by atoms with Gasteiger partial charge in [0.1, 0.15) is 5.75 Å². The van der Waals surface area contributed by atoms with Gasteiger partial charge in [0.05, 0.1) is 17.7 Å². The van der Waals surface area contributed by atoms with Crippen molar-refractivity contribution in [2.45, 2.75) is 0 Å². The molecule has 0 saturated heterocycles. The lowest BCUT2D eigenvalue weighted by atomic mass is 10.2. The Morgan fingerprint density at radius 2 is 2.05 bits per heavy atom. The summed E-state index contributed by atoms with van der Waals surface area (Å²) in [5.41, 5.74) is 0.357. The standard InChI is InChI=1S/C14H11ClFNO3/c1-20-13-5-2-8(6-12(13)16)17-14(19)10-7-9(18)3-4-11(10)15/h2-7,18H,1H3,(H,17,19). The molecule has 0 fully saturated rings. The number of aromatic hydroxyl groups is 1. The normalized spacial score (nSPS) is 10.2. The zero-order chi connectivity index (χ0) is 14.7. The molecule has 0 atom stereocenters. The third-order valence-electron chi connectivity index (χ3n) is 2.60. The van der Waals surface area contributed by atoms with E-state index in [-0.39, 0.29) is 27.8 Å². The molecule has 0 saturated carbocycles. The molecule has 2 N–H and O–H groups in total. The molecule has 2 aromatic rings. The molecule has 0 aliphatic carbocycles. The number of benzene rings is 2. The summed E-state index contributed by atoms with van der Waals surface area (Å²) in [5, 5.41) is 12.0. The van der Waals surface area contributed by atoms with E-state index in [1.165, 1.54) is 37.4 Å². The van der Waals surface area contributed by atoms with E-state index < -0.39 is 11.7 Å². The van der Waals surface area contributed by atoms with Gasteiger partial charge in [-0.1, -0.05) is 11.6 Å². The second kappa shape index (κ2) is 5.79. The zero-order valence-corrected chi connectivity index (χ0v) is 11.2. The van der Waals surface area contributed by atoms with Crippen molar-refractivity contribution in [2.75, 3.05) is 12.4 Å². The van der Waals surface area contributed by atoms with Gasteiger partial charge < -0.3 is 15.2 Å². The van der Waals surface area contributed by atoms with Crippen molar-refractivity contribution >= 4 is 23.2 Å². The number of hydrogen-bond acceptors (Lipinski definition) is 3. The maximum Gasteiger partial charge on any atom is 0.257 e. The van der Waals surface area contributed by atoms with Crippen LogP contribution in [0.25, 0.3) is 0 Å². The Labute approximate surface area is 119 Å². The van der Waals surface area contributed by atoms with Gasteiger partial charge in [-0.05, 0) is 30.3 Å². The SMILES string of the molecule is COc1ccc(NC(=O)c2cc(O)ccc2Cl)cc1F. The van der Waals surface area contributed by atoms with Gasteiger partial charge in [0, 0.05) is 11.8 Å². The summed E-state index contributed by atoms with van der Waals surface area (Å²) in [4.78, 5) is 12.0. The molecule has 0 heterocycles. The van der Waals surface area contributed by atoms with Crippen LogP contribution in [0.2, 0.25) is 5.02 Å². The van der Waals surface area contributed by atoms with Crippen molar-refractivity contribution in [1.29, 1.82) is 0 Å². The Bertz CT molecular complexity index is 661. The molecule has 2 rings (SSSR count). The molecule has 2 aromatic carbocycles. The molecule has 20 heavy (non-hydrogen) atoms. The summed E-state index contributed by atoms with van der Waals surface area (Å²) in [6.45, 7) is 0. The number of methoxy groups -OCH3 is 1. The molecule has 0 aliphatic heterocycles. The van der Waals surface area contributed by atoms with Crippen LogP contribution >= 0.6 is 11.6 Å². The first-order valence-corrected chi connectivity index (χ1v) is 6.02. The topological polar surface area (TPSA) is 58.6 Å². The molecule has 0 unspecified atom stereocenters. The summed E-state index contributed by atoms with van der Waals surface area (Å²) < 4.78 is 18.3. The van der Waals surface area contributed by atoms with Crippen molar-refractivity contribution in [1.82, 2.24) is 0 Å². The van der Waals surface area contributed by atoms with Crippen molar-refractivity contribution < 1.29 is 19.0 Å². The van der Waals surface area contributed by atoms with Crippen LogP contribution in [0.4, 0.5) is 10.1 Å². The number of halogens is 2. The van der Waals surface area contributed by atoms with E-state index in [2.05, 4.69) is 5.32 Å². The summed E-state index contributed by atoms with van der Waals surface area (Å²) in [7, 11) is 1.35. The third kappa shape index (κ3) is 3.00. The van der Waals surface area contributed by atoms with Crippen molar-refractivity contribution in [3.8, 4) is 11.5 Å². The first-order chi connectivity index (χ1) is 9.51. The lowest BCUT2D eigenvalue weighted by Gasteiger charge is -2.08. The predicted molar refractivity (Wildman–Crippen MR) is 74.0 cm³/mol. The van der Waals surface area contributed by atoms with Crippen LogP contribution in [0.1, 0.15) is 10.4 Å². The highest BCUT2D eigenvalue weighted by molar-refractivity contribution is 6.34. The average Bonchev–Trinajstić information content (AvgIpc) is 2.41. The minimum absolute atomic E-state index is 0.0818. The Morgan fingerprint density at radius 3 is 2.70 bits per heavy atom. The van der Waals surface area contributed by atoms with Gasteiger partial charge in [0.2, 0.25) is 0 Å². The number of anilines is 1. The second-order valence-corrected chi connectivity index (χ2v) is 4.37. The molecule has 104 valence electrons. The third-order valence-corrected chi connectivity index (χ3v) is 2.93. The van der Waals surface area contributed by atoms with Gasteiger partial charge in [0.15, 0.2) is 11.6 Å². The van der Waals surface area contributed by atoms with E-state index in [1.807, 2.05) is 0 Å². The molecule has 6 heteroatoms. The first-order valence-electron chi connectivity index (χ1n) is 5.64. The van der Waals surface area contributed by atoms with Gasteiger partial charge in [-0.3, -0.25) is 4.79 Å². The van der Waals surface area contributed by atoms with E-state index >= 15 is 0 Å². The number of hydrogen-bond donors (Lipinski definition) is 2. The highest BCUT2D eigenvalue weighted by Crippen LogP contribution is 2.24. The van der Waals surface area contributed by atoms with E-state index in [0.29, 0.717) is 0 Å². The van der Waals surface area contributed by atoms with E-state index in [0.717, 1.165) is 6.07 Å². The maximum atomic E-state index is 13.5. The Morgan fingerprint density at radius 1 is 1.30 bits per heavy atom. The van der Waals surface area contributed by atoms with Crippen LogP contribution in [0, 0.1) is 5.82 Å². The second-order valence-electron chi connectivity index (χ2n) is 3.97. The molecular formula is C14H11ClFNO3. The molecule has 0 bridgehead atoms. The minimum atomic E-state index is -0.590. The largest absolute Gasteiger partial charge is 0.508 e. The van der Waals surface area contributed by atoms with Crippen LogP contribution in [-0.2, 0) is 0 Å². The first kappa shape index (κ1) is 14.1. The fraction of sp³-hybridized carbons (Fsp3) is 0.0714. The number of amides is 1. The lowest BCUT2D eigenvalue weighted by Crippen LogP contribution is -2.12. The zero-order valence-electron chi connectivity index (χ0n) is 10.5. The predicted octanol–water partition coefficient (Wildman–Crippen LogP) is 3.45. The number of nitrogens with one attached hydrogen (secondary N) is 1. The summed E-state index contributed by atoms with van der Waals surface area (Å²) >= 11 is 5.87. The van der Waals surface area contributed by atoms with E-state index in [9.17, 15) is 14.3 Å². The smallest absolute Gasteiger partial charge is 0.257 e. The fourth-order valence-electron chi connectivity index (χ4n) is 1.63. The van der Waals surface area contributed by atoms with Gasteiger partial charge >= 0.3 is 0 Å². The van der Waals surface area contributed by atoms with Crippen molar-refractivity contribution in [3.63, 3.8) is 0 Å². The fourth-order valence-corrected chi connectivity index (χ4v) is 1.83. The molecule has 1 amide bonds. The van der Waals surface area contributed by atoms with Crippen LogP contribution < -0.4 is 10.1 Å². The van der Waals surface area contributed by atoms with Crippen LogP contribution in [0.3, 0.4) is 0 Å². The monoisotopic (exact) mass is 295 g/mol. The number of rotatable bonds is 3. The number of phenols is 1. The van der Waals surface area contributed by atoms with Crippen molar-refractivity contribution in [3.05, 3.63) is 52.8 Å². The molecule has 0 spiro atoms. The lowest BCUT2D eigenvalue weighted by molar-refractivity contribution is 0.102. The van der Waals surface area contributed by atoms with E-state index in [4.69, 9.17) is 16.3 Å². The molecule has 0 radical (unpaired) electrons. The highest BCUT2D eigenvalue weighted by atomic mass is 35.5. The van der Waals surface area contributed by atoms with Gasteiger partial charge in [-0.2, -0.15) is 0 Å². The number of carbonyl (C=O) groups is 1. The van der Waals surface area contributed by atoms with Gasteiger partial charge in [-0.15, -0.1) is 0 Å². The van der Waals surface area contributed by atoms with Crippen LogP contribution in [-0.4, -0.2) is 18.1 Å². The van der Waals surface area contributed by atoms with E-state index in [1.54, 1.807) is 0 Å². The quantitative estimate of drug-likeness (QED) is 0.912. The number of phenolic OH excluding ortho intramolecular Hbond substituents is 1. The van der Waals surface area contributed by atoms with Gasteiger partial charge in [-0.25, -0.2) is 4.39 Å². The maximum absolute atomic E-state index is 13.5. The Hall–Kier alpha value is -2.27. The Kier molecular flexibility index (Phi) is 4.10. The molecule has 4 nitrogen and oxygen atoms in total. The molecule has 0 aliphatic rings. The summed E-state index contributed by atoms with van der Waals surface area (Å²) in [6.07, 6.45) is 0. The van der Waals surface area contributed by atoms with Crippen molar-refractivity contribution in [2.24, 2.45) is 0 Å².